The van der Waals surface area contributed by atoms with Crippen molar-refractivity contribution in [1.29, 1.82) is 0 Å². The zero-order valence-electron chi connectivity index (χ0n) is 6.43. The Morgan fingerprint density at radius 1 is 1.50 bits per heavy atom. The summed E-state index contributed by atoms with van der Waals surface area (Å²) in [5.41, 5.74) is 5.08. The number of rotatable bonds is 4. The number of nitrogens with two attached hydrogens (primary N) is 1. The van der Waals surface area contributed by atoms with E-state index in [1.54, 1.807) is 0 Å². The van der Waals surface area contributed by atoms with E-state index < -0.39 is 0 Å². The molecular weight excluding hydrogens is 341 g/mol. The molecule has 0 atom stereocenters. The minimum atomic E-state index is 0. The van der Waals surface area contributed by atoms with Crippen LogP contribution in [-0.2, 0) is 4.74 Å². The van der Waals surface area contributed by atoms with Crippen molar-refractivity contribution in [2.24, 2.45) is 5.73 Å². The summed E-state index contributed by atoms with van der Waals surface area (Å²) in [5.74, 6) is 0. The van der Waals surface area contributed by atoms with Crippen LogP contribution in [0, 0.1) is 0 Å². The van der Waals surface area contributed by atoms with Crippen LogP contribution in [0.3, 0.4) is 0 Å². The van der Waals surface area contributed by atoms with Crippen molar-refractivity contribution >= 4 is 44.7 Å². The van der Waals surface area contributed by atoms with Gasteiger partial charge in [-0.1, -0.05) is 19.8 Å². The minimum absolute atomic E-state index is 0. The van der Waals surface area contributed by atoms with Crippen molar-refractivity contribution in [3.05, 3.63) is 0 Å². The van der Waals surface area contributed by atoms with Crippen LogP contribution in [0.2, 0.25) is 0 Å². The van der Waals surface area contributed by atoms with Crippen molar-refractivity contribution in [3.8, 4) is 0 Å². The third-order valence-corrected chi connectivity index (χ3v) is 1.11. The normalized spacial score (nSPS) is 8.10. The molecule has 2 radical (unpaired) electrons. The second-order valence-corrected chi connectivity index (χ2v) is 2.28. The summed E-state index contributed by atoms with van der Waals surface area (Å²) in [4.78, 5) is 0. The van der Waals surface area contributed by atoms with Gasteiger partial charge in [0.05, 0.1) is 6.61 Å². The summed E-state index contributed by atoms with van der Waals surface area (Å²) < 4.78 is 4.85. The quantitative estimate of drug-likeness (QED) is 0.453. The van der Waals surface area contributed by atoms with E-state index in [-0.39, 0.29) is 32.5 Å². The van der Waals surface area contributed by atoms with Crippen LogP contribution >= 0.6 is 12.2 Å². The molecule has 0 aliphatic carbocycles. The van der Waals surface area contributed by atoms with Gasteiger partial charge in [0, 0.05) is 0 Å². The van der Waals surface area contributed by atoms with Gasteiger partial charge in [0.2, 0.25) is 0 Å². The van der Waals surface area contributed by atoms with E-state index in [0.717, 1.165) is 6.42 Å². The van der Waals surface area contributed by atoms with Crippen molar-refractivity contribution in [3.63, 3.8) is 0 Å². The van der Waals surface area contributed by atoms with Crippen molar-refractivity contribution in [2.45, 2.75) is 26.2 Å². The van der Waals surface area contributed by atoms with Gasteiger partial charge in [-0.2, -0.15) is 0 Å². The molecule has 2 N–H and O–H groups in total. The second kappa shape index (κ2) is 9.61. The molecule has 2 nitrogen and oxygen atoms in total. The maximum atomic E-state index is 5.08. The van der Waals surface area contributed by atoms with E-state index in [1.165, 1.54) is 12.8 Å². The molecule has 60 valence electrons. The zero-order valence-corrected chi connectivity index (χ0v) is 12.7. The van der Waals surface area contributed by atoms with Gasteiger partial charge in [-0.15, -0.1) is 0 Å². The van der Waals surface area contributed by atoms with Crippen LogP contribution in [0.15, 0.2) is 0 Å². The molecule has 0 saturated heterocycles. The summed E-state index contributed by atoms with van der Waals surface area (Å²) in [5, 5.41) is 0.158. The Morgan fingerprint density at radius 2 is 2.10 bits per heavy atom. The molecule has 0 saturated carbocycles. The van der Waals surface area contributed by atoms with Crippen LogP contribution in [0.4, 0.5) is 0 Å². The Balaban J connectivity index is 0. The standard InChI is InChI=1S/C6H13NOS.Pb.2H/c1-2-3-4-5-8-6(7)9;;;/h2-5H2,1H3,(H2,7,9);;;. The van der Waals surface area contributed by atoms with Crippen LogP contribution in [-0.4, -0.2) is 39.1 Å². The summed E-state index contributed by atoms with van der Waals surface area (Å²) in [6.45, 7) is 2.81. The summed E-state index contributed by atoms with van der Waals surface area (Å²) in [6, 6.07) is 0. The van der Waals surface area contributed by atoms with Gasteiger partial charge in [0.15, 0.2) is 0 Å². The van der Waals surface area contributed by atoms with Gasteiger partial charge >= 0.3 is 27.3 Å². The molecule has 0 rings (SSSR count). The fourth-order valence-electron chi connectivity index (χ4n) is 0.525. The fourth-order valence-corrected chi connectivity index (χ4v) is 0.608. The van der Waals surface area contributed by atoms with Gasteiger partial charge in [-0.05, 0) is 18.6 Å². The van der Waals surface area contributed by atoms with Crippen molar-refractivity contribution in [1.82, 2.24) is 0 Å². The fraction of sp³-hybridized carbons (Fsp3) is 0.833. The van der Waals surface area contributed by atoms with E-state index in [9.17, 15) is 0 Å². The topological polar surface area (TPSA) is 35.2 Å². The Labute approximate surface area is 87.7 Å². The van der Waals surface area contributed by atoms with E-state index in [0.29, 0.717) is 6.61 Å². The van der Waals surface area contributed by atoms with E-state index in [2.05, 4.69) is 19.1 Å². The molecule has 0 spiro atoms. The van der Waals surface area contributed by atoms with Crippen LogP contribution in [0.25, 0.3) is 0 Å². The number of unbranched alkanes of at least 4 members (excludes halogenated alkanes) is 2. The third kappa shape index (κ3) is 11.4. The molecule has 0 heterocycles. The van der Waals surface area contributed by atoms with E-state index in [4.69, 9.17) is 10.5 Å². The predicted molar refractivity (Wildman–Crippen MR) is 50.8 cm³/mol. The number of thiocarbonyl (C=S) groups is 1. The predicted octanol–water partition coefficient (Wildman–Crippen LogP) is 0.521. The second-order valence-electron chi connectivity index (χ2n) is 1.87. The molecule has 10 heavy (non-hydrogen) atoms. The zero-order chi connectivity index (χ0) is 7.11. The first kappa shape index (κ1) is 13.2. The molecule has 0 aromatic carbocycles. The Morgan fingerprint density at radius 3 is 2.50 bits per heavy atom. The SMILES string of the molecule is CCCCCOC(N)=S.[PbH2]. The Hall–Kier alpha value is 0.612. The van der Waals surface area contributed by atoms with Crippen molar-refractivity contribution < 1.29 is 4.74 Å². The Kier molecular flexibility index (Phi) is 12.7. The molecule has 0 aromatic heterocycles. The molecule has 0 aromatic rings. The molecule has 0 unspecified atom stereocenters. The Bertz CT molecular complexity index is 89.8. The van der Waals surface area contributed by atoms with Gasteiger partial charge in [-0.25, -0.2) is 0 Å². The number of ether oxygens (including phenoxy) is 1. The molecule has 0 bridgehead atoms. The van der Waals surface area contributed by atoms with Gasteiger partial charge in [-0.3, -0.25) is 0 Å². The summed E-state index contributed by atoms with van der Waals surface area (Å²) in [7, 11) is 0. The average Bonchev–Trinajstić information content (AvgIpc) is 1.80. The maximum absolute atomic E-state index is 5.08. The van der Waals surface area contributed by atoms with E-state index in [1.807, 2.05) is 0 Å². The van der Waals surface area contributed by atoms with Crippen LogP contribution in [0.5, 0.6) is 0 Å². The summed E-state index contributed by atoms with van der Waals surface area (Å²) >= 11 is 4.50. The summed E-state index contributed by atoms with van der Waals surface area (Å²) in [6.07, 6.45) is 3.43. The first-order valence-corrected chi connectivity index (χ1v) is 3.60. The van der Waals surface area contributed by atoms with Crippen LogP contribution in [0.1, 0.15) is 26.2 Å². The van der Waals surface area contributed by atoms with Gasteiger partial charge in [0.1, 0.15) is 0 Å². The average molecular weight is 356 g/mol. The first-order valence-electron chi connectivity index (χ1n) is 3.19. The van der Waals surface area contributed by atoms with Gasteiger partial charge in [0.25, 0.3) is 5.17 Å². The molecule has 0 amide bonds. The van der Waals surface area contributed by atoms with Gasteiger partial charge < -0.3 is 10.5 Å². The monoisotopic (exact) mass is 357 g/mol. The van der Waals surface area contributed by atoms with Crippen LogP contribution < -0.4 is 5.73 Å². The molecule has 0 aliphatic rings. The van der Waals surface area contributed by atoms with Crippen molar-refractivity contribution in [2.75, 3.05) is 6.61 Å². The number of hydrogen-bond acceptors (Lipinski definition) is 2. The molecule has 0 aliphatic heterocycles. The molecule has 4 heteroatoms. The molecule has 0 fully saturated rings. The third-order valence-electron chi connectivity index (χ3n) is 0.992. The first-order chi connectivity index (χ1) is 4.27. The number of hydrogen-bond donors (Lipinski definition) is 1. The molecular formula is C6H15NOPbS. The van der Waals surface area contributed by atoms with E-state index >= 15 is 0 Å².